The van der Waals surface area contributed by atoms with Crippen molar-refractivity contribution in [2.45, 2.75) is 20.8 Å². The lowest BCUT2D eigenvalue weighted by molar-refractivity contribution is 0.0960. The number of nitrogens with two attached hydrogens (primary N) is 1. The molecule has 3 rings (SSSR count). The molecule has 3 amide bonds. The van der Waals surface area contributed by atoms with Gasteiger partial charge >= 0.3 is 6.03 Å². The first-order chi connectivity index (χ1) is 16.9. The zero-order valence-corrected chi connectivity index (χ0v) is 20.4. The van der Waals surface area contributed by atoms with Crippen LogP contribution in [-0.4, -0.2) is 24.0 Å². The van der Waals surface area contributed by atoms with Gasteiger partial charge in [0.15, 0.2) is 5.75 Å². The predicted octanol–water partition coefficient (Wildman–Crippen LogP) is 5.76. The molecule has 0 radical (unpaired) electrons. The van der Waals surface area contributed by atoms with Crippen LogP contribution in [0.4, 0.5) is 16.2 Å². The number of carbonyl (C=O) groups is 2. The number of urea groups is 1. The number of fused-ring (bicyclic) bond motifs is 1. The summed E-state index contributed by atoms with van der Waals surface area (Å²) < 4.78 is 6.00. The number of allylic oxidation sites excluding steroid dienone is 4. The lowest BCUT2D eigenvalue weighted by Gasteiger charge is -2.12. The summed E-state index contributed by atoms with van der Waals surface area (Å²) >= 11 is 0. The summed E-state index contributed by atoms with van der Waals surface area (Å²) in [6.45, 7) is 9.49. The van der Waals surface area contributed by atoms with Crippen LogP contribution in [0.2, 0.25) is 0 Å². The van der Waals surface area contributed by atoms with Crippen LogP contribution in [0, 0.1) is 0 Å². The molecule has 2 aromatic carbocycles. The molecule has 0 spiro atoms. The van der Waals surface area contributed by atoms with Gasteiger partial charge in [-0.1, -0.05) is 32.6 Å². The first-order valence-corrected chi connectivity index (χ1v) is 11.2. The average molecular weight is 474 g/mol. The minimum Gasteiger partial charge on any atom is -0.455 e. The van der Waals surface area contributed by atoms with Crippen molar-refractivity contribution in [2.24, 2.45) is 0 Å². The molecule has 8 heteroatoms. The Labute approximate surface area is 205 Å². The van der Waals surface area contributed by atoms with E-state index in [2.05, 4.69) is 27.5 Å². The molecule has 8 nitrogen and oxygen atoms in total. The van der Waals surface area contributed by atoms with E-state index in [1.165, 1.54) is 6.20 Å². The van der Waals surface area contributed by atoms with Crippen molar-refractivity contribution in [2.75, 3.05) is 18.1 Å². The van der Waals surface area contributed by atoms with Crippen molar-refractivity contribution < 1.29 is 14.3 Å². The fourth-order valence-electron chi connectivity index (χ4n) is 3.09. The van der Waals surface area contributed by atoms with Crippen molar-refractivity contribution in [3.05, 3.63) is 90.9 Å². The molecule has 0 aliphatic rings. The van der Waals surface area contributed by atoms with Crippen LogP contribution < -0.4 is 26.4 Å². The summed E-state index contributed by atoms with van der Waals surface area (Å²) in [6.07, 6.45) is 8.36. The third-order valence-electron chi connectivity index (χ3n) is 4.56. The van der Waals surface area contributed by atoms with Gasteiger partial charge in [-0.2, -0.15) is 0 Å². The van der Waals surface area contributed by atoms with E-state index in [4.69, 9.17) is 10.5 Å². The summed E-state index contributed by atoms with van der Waals surface area (Å²) in [7, 11) is 1.54. The lowest BCUT2D eigenvalue weighted by atomic mass is 10.1. The fraction of sp³-hybridized carbons (Fsp3) is 0.148. The van der Waals surface area contributed by atoms with Gasteiger partial charge < -0.3 is 26.4 Å². The van der Waals surface area contributed by atoms with Gasteiger partial charge in [-0.05, 0) is 61.5 Å². The van der Waals surface area contributed by atoms with Gasteiger partial charge in [0.25, 0.3) is 5.91 Å². The largest absolute Gasteiger partial charge is 0.455 e. The maximum absolute atomic E-state index is 12.2. The molecule has 0 fully saturated rings. The number of nitrogen functional groups attached to an aromatic ring is 1. The Morgan fingerprint density at radius 3 is 2.43 bits per heavy atom. The van der Waals surface area contributed by atoms with Crippen LogP contribution in [0.3, 0.4) is 0 Å². The van der Waals surface area contributed by atoms with Gasteiger partial charge in [0, 0.05) is 34.9 Å². The Balaban J connectivity index is 0.00000210. The number of ether oxygens (including phenoxy) is 1. The molecule has 0 unspecified atom stereocenters. The summed E-state index contributed by atoms with van der Waals surface area (Å²) in [5.41, 5.74) is 7.89. The van der Waals surface area contributed by atoms with E-state index in [0.29, 0.717) is 39.3 Å². The van der Waals surface area contributed by atoms with Gasteiger partial charge in [0.2, 0.25) is 0 Å². The number of hydrogen-bond donors (Lipinski definition) is 4. The molecule has 0 saturated carbocycles. The second-order valence-electron chi connectivity index (χ2n) is 6.92. The smallest absolute Gasteiger partial charge is 0.323 e. The molecule has 3 aromatic rings. The van der Waals surface area contributed by atoms with E-state index in [1.807, 2.05) is 26.8 Å². The highest BCUT2D eigenvalue weighted by atomic mass is 16.5. The van der Waals surface area contributed by atoms with Crippen LogP contribution >= 0.6 is 0 Å². The fourth-order valence-corrected chi connectivity index (χ4v) is 3.09. The average Bonchev–Trinajstić information content (AvgIpc) is 2.86. The number of pyridine rings is 1. The maximum atomic E-state index is 12.2. The summed E-state index contributed by atoms with van der Waals surface area (Å²) in [5.74, 6) is 0.697. The Bertz CT molecular complexity index is 1250. The first kappa shape index (κ1) is 26.7. The van der Waals surface area contributed by atoms with Crippen molar-refractivity contribution >= 4 is 34.1 Å². The highest BCUT2D eigenvalue weighted by molar-refractivity contribution is 6.07. The second kappa shape index (κ2) is 13.2. The summed E-state index contributed by atoms with van der Waals surface area (Å²) in [6, 6.07) is 11.7. The molecular formula is C27H31N5O3. The number of nitrogens with zero attached hydrogens (tertiary/aromatic N) is 1. The van der Waals surface area contributed by atoms with Gasteiger partial charge in [-0.25, -0.2) is 9.78 Å². The Morgan fingerprint density at radius 2 is 1.80 bits per heavy atom. The predicted molar refractivity (Wildman–Crippen MR) is 143 cm³/mol. The SMILES string of the molecule is C=C/C=C(\C=C/C)NC(=O)Nc1ccc(Oc2cnc(C(=O)NC)c3cc(N)ccc23)cc1.CC. The Hall–Kier alpha value is -4.59. The topological polar surface area (TPSA) is 118 Å². The Morgan fingerprint density at radius 1 is 1.09 bits per heavy atom. The van der Waals surface area contributed by atoms with E-state index >= 15 is 0 Å². The van der Waals surface area contributed by atoms with E-state index in [1.54, 1.807) is 67.7 Å². The summed E-state index contributed by atoms with van der Waals surface area (Å²) in [5, 5.41) is 9.36. The maximum Gasteiger partial charge on any atom is 0.323 e. The van der Waals surface area contributed by atoms with Crippen molar-refractivity contribution in [1.29, 1.82) is 0 Å². The number of amides is 3. The standard InChI is InChI=1S/C25H25N5O3.C2H6/c1-4-6-17(7-5-2)29-25(32)30-18-9-11-19(12-10-18)33-22-15-28-23(24(31)27-3)21-14-16(26)8-13-20(21)22;1-2/h4-15H,1,26H2,2-3H3,(H,27,31)(H2,29,30,32);1-2H3/b7-5-,17-6+;. The van der Waals surface area contributed by atoms with Gasteiger partial charge in [0.05, 0.1) is 6.20 Å². The van der Waals surface area contributed by atoms with Crippen LogP contribution in [0.15, 0.2) is 85.2 Å². The molecule has 182 valence electrons. The highest BCUT2D eigenvalue weighted by Crippen LogP contribution is 2.32. The van der Waals surface area contributed by atoms with E-state index in [0.717, 1.165) is 0 Å². The minimum absolute atomic E-state index is 0.264. The third kappa shape index (κ3) is 7.20. The van der Waals surface area contributed by atoms with Gasteiger partial charge in [-0.15, -0.1) is 0 Å². The van der Waals surface area contributed by atoms with E-state index < -0.39 is 0 Å². The van der Waals surface area contributed by atoms with Crippen LogP contribution in [-0.2, 0) is 0 Å². The molecule has 1 aromatic heterocycles. The molecule has 0 aliphatic carbocycles. The minimum atomic E-state index is -0.382. The molecule has 35 heavy (non-hydrogen) atoms. The number of nitrogens with one attached hydrogen (secondary N) is 3. The molecular weight excluding hydrogens is 442 g/mol. The van der Waals surface area contributed by atoms with Crippen LogP contribution in [0.5, 0.6) is 11.5 Å². The van der Waals surface area contributed by atoms with Crippen molar-refractivity contribution in [3.8, 4) is 11.5 Å². The quantitative estimate of drug-likeness (QED) is 0.257. The highest BCUT2D eigenvalue weighted by Gasteiger charge is 2.15. The number of carbonyl (C=O) groups excluding carboxylic acids is 2. The zero-order valence-electron chi connectivity index (χ0n) is 20.4. The third-order valence-corrected chi connectivity index (χ3v) is 4.56. The number of hydrogen-bond acceptors (Lipinski definition) is 5. The first-order valence-electron chi connectivity index (χ1n) is 11.2. The molecule has 0 saturated heterocycles. The van der Waals surface area contributed by atoms with Gasteiger partial charge in [-0.3, -0.25) is 4.79 Å². The van der Waals surface area contributed by atoms with E-state index in [-0.39, 0.29) is 17.6 Å². The zero-order chi connectivity index (χ0) is 25.8. The van der Waals surface area contributed by atoms with Crippen LogP contribution in [0.1, 0.15) is 31.3 Å². The van der Waals surface area contributed by atoms with Crippen LogP contribution in [0.25, 0.3) is 10.8 Å². The molecule has 0 aliphatic heterocycles. The number of benzene rings is 2. The molecule has 0 atom stereocenters. The molecule has 1 heterocycles. The normalized spacial score (nSPS) is 10.8. The second-order valence-corrected chi connectivity index (χ2v) is 6.92. The Kier molecular flexibility index (Phi) is 10.1. The number of aromatic nitrogens is 1. The lowest BCUT2D eigenvalue weighted by Crippen LogP contribution is -2.27. The monoisotopic (exact) mass is 473 g/mol. The molecule has 5 N–H and O–H groups in total. The molecule has 0 bridgehead atoms. The number of anilines is 2. The van der Waals surface area contributed by atoms with Crippen molar-refractivity contribution in [1.82, 2.24) is 15.6 Å². The van der Waals surface area contributed by atoms with Crippen molar-refractivity contribution in [3.63, 3.8) is 0 Å². The van der Waals surface area contributed by atoms with Gasteiger partial charge in [0.1, 0.15) is 11.4 Å². The summed E-state index contributed by atoms with van der Waals surface area (Å²) in [4.78, 5) is 28.6. The number of rotatable bonds is 7. The van der Waals surface area contributed by atoms with E-state index in [9.17, 15) is 9.59 Å².